The number of amides is 1. The summed E-state index contributed by atoms with van der Waals surface area (Å²) in [4.78, 5) is 13.6. The van der Waals surface area contributed by atoms with Crippen molar-refractivity contribution in [2.75, 3.05) is 13.6 Å². The van der Waals surface area contributed by atoms with Crippen molar-refractivity contribution in [2.24, 2.45) is 7.05 Å². The minimum absolute atomic E-state index is 0.0577. The average Bonchev–Trinajstić information content (AvgIpc) is 2.61. The van der Waals surface area contributed by atoms with Gasteiger partial charge in [0.2, 0.25) is 5.91 Å². The van der Waals surface area contributed by atoms with E-state index < -0.39 is 0 Å². The minimum Gasteiger partial charge on any atom is -0.341 e. The van der Waals surface area contributed by atoms with E-state index in [0.717, 1.165) is 5.56 Å². The molecule has 5 heteroatoms. The molecule has 0 unspecified atom stereocenters. The van der Waals surface area contributed by atoms with Gasteiger partial charge in [-0.3, -0.25) is 9.48 Å². The molecule has 0 aliphatic rings. The Hall–Kier alpha value is -1.36. The summed E-state index contributed by atoms with van der Waals surface area (Å²) in [6.45, 7) is 7.60. The van der Waals surface area contributed by atoms with Crippen molar-refractivity contribution >= 4 is 5.91 Å². The van der Waals surface area contributed by atoms with Crippen LogP contribution in [0.4, 0.5) is 0 Å². The Morgan fingerprint density at radius 1 is 1.50 bits per heavy atom. The Labute approximate surface area is 109 Å². The number of carbonyl (C=O) groups is 1. The van der Waals surface area contributed by atoms with Crippen molar-refractivity contribution in [1.29, 1.82) is 0 Å². The summed E-state index contributed by atoms with van der Waals surface area (Å²) in [5, 5.41) is 7.40. The van der Waals surface area contributed by atoms with Crippen LogP contribution in [0, 0.1) is 0 Å². The molecule has 1 N–H and O–H groups in total. The van der Waals surface area contributed by atoms with E-state index in [4.69, 9.17) is 0 Å². The van der Waals surface area contributed by atoms with Gasteiger partial charge < -0.3 is 10.2 Å². The van der Waals surface area contributed by atoms with Gasteiger partial charge >= 0.3 is 0 Å². The lowest BCUT2D eigenvalue weighted by atomic mass is 10.1. The lowest BCUT2D eigenvalue weighted by Gasteiger charge is -2.22. The fourth-order valence-corrected chi connectivity index (χ4v) is 1.65. The smallest absolute Gasteiger partial charge is 0.223 e. The summed E-state index contributed by atoms with van der Waals surface area (Å²) in [6, 6.07) is 0. The van der Waals surface area contributed by atoms with Crippen molar-refractivity contribution in [3.05, 3.63) is 18.0 Å². The molecule has 0 atom stereocenters. The van der Waals surface area contributed by atoms with E-state index in [-0.39, 0.29) is 11.4 Å². The van der Waals surface area contributed by atoms with Crippen LogP contribution in [0.25, 0.3) is 0 Å². The first kappa shape index (κ1) is 14.7. The van der Waals surface area contributed by atoms with E-state index in [2.05, 4.69) is 31.2 Å². The van der Waals surface area contributed by atoms with E-state index in [1.807, 2.05) is 20.3 Å². The quantitative estimate of drug-likeness (QED) is 0.855. The van der Waals surface area contributed by atoms with Gasteiger partial charge in [0, 0.05) is 50.9 Å². The Morgan fingerprint density at radius 3 is 2.67 bits per heavy atom. The zero-order chi connectivity index (χ0) is 13.8. The molecule has 0 aliphatic heterocycles. The first-order valence-corrected chi connectivity index (χ1v) is 6.24. The second-order valence-corrected chi connectivity index (χ2v) is 5.70. The van der Waals surface area contributed by atoms with Crippen LogP contribution in [0.5, 0.6) is 0 Å². The highest BCUT2D eigenvalue weighted by molar-refractivity contribution is 5.76. The summed E-state index contributed by atoms with van der Waals surface area (Å²) in [5.41, 5.74) is 1.11. The molecule has 0 bridgehead atoms. The third-order valence-electron chi connectivity index (χ3n) is 2.60. The van der Waals surface area contributed by atoms with Crippen LogP contribution in [-0.2, 0) is 18.4 Å². The van der Waals surface area contributed by atoms with Crippen LogP contribution >= 0.6 is 0 Å². The Kier molecular flexibility index (Phi) is 4.90. The Bertz CT molecular complexity index is 392. The summed E-state index contributed by atoms with van der Waals surface area (Å²) in [6.07, 6.45) is 4.24. The Morgan fingerprint density at radius 2 is 2.17 bits per heavy atom. The largest absolute Gasteiger partial charge is 0.341 e. The summed E-state index contributed by atoms with van der Waals surface area (Å²) < 4.78 is 1.74. The molecule has 1 aromatic heterocycles. The third kappa shape index (κ3) is 5.31. The average molecular weight is 252 g/mol. The van der Waals surface area contributed by atoms with E-state index >= 15 is 0 Å². The Balaban J connectivity index is 2.33. The van der Waals surface area contributed by atoms with Crippen LogP contribution < -0.4 is 5.32 Å². The number of hydrogen-bond donors (Lipinski definition) is 1. The highest BCUT2D eigenvalue weighted by atomic mass is 16.2. The highest BCUT2D eigenvalue weighted by Crippen LogP contribution is 2.03. The first-order valence-electron chi connectivity index (χ1n) is 6.24. The van der Waals surface area contributed by atoms with E-state index in [9.17, 15) is 4.79 Å². The van der Waals surface area contributed by atoms with Gasteiger partial charge in [0.15, 0.2) is 0 Å². The number of carbonyl (C=O) groups excluding carboxylic acids is 1. The molecule has 0 saturated carbocycles. The van der Waals surface area contributed by atoms with Crippen LogP contribution in [0.3, 0.4) is 0 Å². The number of nitrogens with one attached hydrogen (secondary N) is 1. The second-order valence-electron chi connectivity index (χ2n) is 5.70. The standard InChI is InChI=1S/C13H24N4O/c1-13(2,3)14-7-6-12(18)16(4)9-11-8-15-17(5)10-11/h8,10,14H,6-7,9H2,1-5H3. The van der Waals surface area contributed by atoms with E-state index in [1.165, 1.54) is 0 Å². The van der Waals surface area contributed by atoms with Crippen LogP contribution in [-0.4, -0.2) is 39.7 Å². The van der Waals surface area contributed by atoms with Crippen molar-refractivity contribution < 1.29 is 4.79 Å². The molecule has 102 valence electrons. The zero-order valence-electron chi connectivity index (χ0n) is 12.0. The fraction of sp³-hybridized carbons (Fsp3) is 0.692. The predicted octanol–water partition coefficient (Wildman–Crippen LogP) is 1.16. The highest BCUT2D eigenvalue weighted by Gasteiger charge is 2.12. The minimum atomic E-state index is 0.0577. The van der Waals surface area contributed by atoms with Gasteiger partial charge in [-0.1, -0.05) is 0 Å². The van der Waals surface area contributed by atoms with Gasteiger partial charge in [-0.25, -0.2) is 0 Å². The van der Waals surface area contributed by atoms with Crippen LogP contribution in [0.15, 0.2) is 12.4 Å². The molecule has 0 radical (unpaired) electrons. The van der Waals surface area contributed by atoms with Gasteiger partial charge in [-0.05, 0) is 20.8 Å². The van der Waals surface area contributed by atoms with Gasteiger partial charge in [-0.2, -0.15) is 5.10 Å². The molecule has 0 saturated heterocycles. The van der Waals surface area contributed by atoms with E-state index in [0.29, 0.717) is 19.5 Å². The molecule has 0 fully saturated rings. The molecule has 1 aromatic rings. The van der Waals surface area contributed by atoms with Gasteiger partial charge in [-0.15, -0.1) is 0 Å². The number of aryl methyl sites for hydroxylation is 1. The van der Waals surface area contributed by atoms with Crippen molar-refractivity contribution in [3.8, 4) is 0 Å². The number of nitrogens with zero attached hydrogens (tertiary/aromatic N) is 3. The number of aromatic nitrogens is 2. The van der Waals surface area contributed by atoms with Crippen molar-refractivity contribution in [2.45, 2.75) is 39.3 Å². The van der Waals surface area contributed by atoms with Crippen LogP contribution in [0.2, 0.25) is 0 Å². The fourth-order valence-electron chi connectivity index (χ4n) is 1.65. The van der Waals surface area contributed by atoms with Crippen LogP contribution in [0.1, 0.15) is 32.8 Å². The molecule has 1 amide bonds. The first-order chi connectivity index (χ1) is 8.28. The summed E-state index contributed by atoms with van der Waals surface area (Å²) >= 11 is 0. The third-order valence-corrected chi connectivity index (χ3v) is 2.60. The van der Waals surface area contributed by atoms with Gasteiger partial charge in [0.1, 0.15) is 0 Å². The molecular weight excluding hydrogens is 228 g/mol. The normalized spacial score (nSPS) is 11.6. The maximum Gasteiger partial charge on any atom is 0.223 e. The number of hydrogen-bond acceptors (Lipinski definition) is 3. The molecule has 0 aliphatic carbocycles. The lowest BCUT2D eigenvalue weighted by molar-refractivity contribution is -0.130. The maximum atomic E-state index is 11.9. The molecule has 1 heterocycles. The molecule has 0 spiro atoms. The molecule has 5 nitrogen and oxygen atoms in total. The monoisotopic (exact) mass is 252 g/mol. The summed E-state index contributed by atoms with van der Waals surface area (Å²) in [5.74, 6) is 0.149. The van der Waals surface area contributed by atoms with E-state index in [1.54, 1.807) is 15.8 Å². The lowest BCUT2D eigenvalue weighted by Crippen LogP contribution is -2.38. The predicted molar refractivity (Wildman–Crippen MR) is 72.1 cm³/mol. The molecular formula is C13H24N4O. The van der Waals surface area contributed by atoms with Gasteiger partial charge in [0.25, 0.3) is 0 Å². The molecule has 1 rings (SSSR count). The maximum absolute atomic E-state index is 11.9. The summed E-state index contributed by atoms with van der Waals surface area (Å²) in [7, 11) is 3.70. The van der Waals surface area contributed by atoms with Gasteiger partial charge in [0.05, 0.1) is 6.20 Å². The molecule has 18 heavy (non-hydrogen) atoms. The van der Waals surface area contributed by atoms with Crippen molar-refractivity contribution in [3.63, 3.8) is 0 Å². The zero-order valence-corrected chi connectivity index (χ0v) is 12.0. The second kappa shape index (κ2) is 6.00. The SMILES string of the molecule is CN(Cc1cnn(C)c1)C(=O)CCNC(C)(C)C. The topological polar surface area (TPSA) is 50.2 Å². The van der Waals surface area contributed by atoms with Crippen molar-refractivity contribution in [1.82, 2.24) is 20.0 Å². The molecule has 0 aromatic carbocycles. The number of rotatable bonds is 5.